The highest BCUT2D eigenvalue weighted by Crippen LogP contribution is 2.32. The molecule has 0 spiro atoms. The van der Waals surface area contributed by atoms with E-state index >= 15 is 0 Å². The number of hydrogen-bond donors (Lipinski definition) is 0. The van der Waals surface area contributed by atoms with Gasteiger partial charge in [0.25, 0.3) is 5.91 Å². The first-order valence-corrected chi connectivity index (χ1v) is 9.29. The predicted octanol–water partition coefficient (Wildman–Crippen LogP) is 2.96. The number of nitrogens with zero attached hydrogens (tertiary/aromatic N) is 4. The minimum absolute atomic E-state index is 0.0536. The number of piperazine rings is 1. The van der Waals surface area contributed by atoms with Crippen molar-refractivity contribution < 1.29 is 9.59 Å². The Hall–Kier alpha value is -3.41. The van der Waals surface area contributed by atoms with Gasteiger partial charge in [-0.3, -0.25) is 14.3 Å². The summed E-state index contributed by atoms with van der Waals surface area (Å²) in [5.41, 5.74) is 3.45. The predicted molar refractivity (Wildman–Crippen MR) is 108 cm³/mol. The quantitative estimate of drug-likeness (QED) is 0.708. The van der Waals surface area contributed by atoms with Gasteiger partial charge in [0, 0.05) is 31.4 Å². The van der Waals surface area contributed by atoms with Crippen molar-refractivity contribution in [2.24, 2.45) is 7.05 Å². The SMILES string of the molecule is C[C@@H]1CN(c2ccccc2-c2ccccc2)C(=O)CN1C(=O)c1cnn(C)c1. The maximum atomic E-state index is 13.0. The number of carbonyl (C=O) groups excluding carboxylic acids is 2. The Morgan fingerprint density at radius 1 is 1.07 bits per heavy atom. The second kappa shape index (κ2) is 7.31. The van der Waals surface area contributed by atoms with Crippen molar-refractivity contribution in [2.75, 3.05) is 18.0 Å². The molecule has 1 aliphatic rings. The van der Waals surface area contributed by atoms with Gasteiger partial charge in [0.15, 0.2) is 0 Å². The maximum absolute atomic E-state index is 13.0. The lowest BCUT2D eigenvalue weighted by Crippen LogP contribution is -2.57. The molecule has 4 rings (SSSR count). The molecular weight excluding hydrogens is 352 g/mol. The molecule has 1 fully saturated rings. The molecule has 2 amide bonds. The molecule has 0 bridgehead atoms. The summed E-state index contributed by atoms with van der Waals surface area (Å²) >= 11 is 0. The average molecular weight is 374 g/mol. The standard InChI is InChI=1S/C22H22N4O2/c1-16-13-26(20-11-7-6-10-19(20)17-8-4-3-5-9-17)21(27)15-25(16)22(28)18-12-23-24(2)14-18/h3-12,14,16H,13,15H2,1-2H3/t16-/m1/s1. The van der Waals surface area contributed by atoms with Crippen LogP contribution in [0.1, 0.15) is 17.3 Å². The highest BCUT2D eigenvalue weighted by atomic mass is 16.2. The lowest BCUT2D eigenvalue weighted by atomic mass is 10.0. The summed E-state index contributed by atoms with van der Waals surface area (Å²) in [7, 11) is 1.77. The molecule has 0 unspecified atom stereocenters. The van der Waals surface area contributed by atoms with Crippen LogP contribution in [0.4, 0.5) is 5.69 Å². The third kappa shape index (κ3) is 3.29. The van der Waals surface area contributed by atoms with Crippen LogP contribution in [0, 0.1) is 0 Å². The molecule has 0 N–H and O–H groups in total. The monoisotopic (exact) mass is 374 g/mol. The summed E-state index contributed by atoms with van der Waals surface area (Å²) in [5, 5.41) is 4.06. The zero-order chi connectivity index (χ0) is 19.7. The lowest BCUT2D eigenvalue weighted by molar-refractivity contribution is -0.121. The molecule has 6 heteroatoms. The second-order valence-corrected chi connectivity index (χ2v) is 7.07. The number of anilines is 1. The molecule has 1 saturated heterocycles. The van der Waals surface area contributed by atoms with Crippen molar-refractivity contribution in [1.82, 2.24) is 14.7 Å². The highest BCUT2D eigenvalue weighted by Gasteiger charge is 2.34. The molecule has 0 aliphatic carbocycles. The van der Waals surface area contributed by atoms with Gasteiger partial charge in [-0.05, 0) is 18.6 Å². The van der Waals surface area contributed by atoms with Crippen LogP contribution in [0.25, 0.3) is 11.1 Å². The van der Waals surface area contributed by atoms with Gasteiger partial charge < -0.3 is 9.80 Å². The third-order valence-electron chi connectivity index (χ3n) is 5.08. The van der Waals surface area contributed by atoms with Crippen LogP contribution in [0.3, 0.4) is 0 Å². The van der Waals surface area contributed by atoms with Gasteiger partial charge in [-0.1, -0.05) is 48.5 Å². The number of para-hydroxylation sites is 1. The number of benzene rings is 2. The zero-order valence-electron chi connectivity index (χ0n) is 15.9. The van der Waals surface area contributed by atoms with Crippen molar-refractivity contribution in [3.8, 4) is 11.1 Å². The van der Waals surface area contributed by atoms with E-state index < -0.39 is 0 Å². The molecule has 28 heavy (non-hydrogen) atoms. The first-order chi connectivity index (χ1) is 13.5. The van der Waals surface area contributed by atoms with Gasteiger partial charge in [-0.15, -0.1) is 0 Å². The Labute approximate surface area is 164 Å². The summed E-state index contributed by atoms with van der Waals surface area (Å²) in [6, 6.07) is 17.8. The van der Waals surface area contributed by atoms with Crippen LogP contribution < -0.4 is 4.90 Å². The molecule has 1 atom stereocenters. The number of carbonyl (C=O) groups is 2. The Bertz CT molecular complexity index is 1010. The maximum Gasteiger partial charge on any atom is 0.257 e. The Kier molecular flexibility index (Phi) is 4.69. The van der Waals surface area contributed by atoms with E-state index in [1.807, 2.05) is 61.5 Å². The summed E-state index contributed by atoms with van der Waals surface area (Å²) in [6.45, 7) is 2.48. The van der Waals surface area contributed by atoms with E-state index in [0.29, 0.717) is 12.1 Å². The number of aromatic nitrogens is 2. The number of aryl methyl sites for hydroxylation is 1. The van der Waals surface area contributed by atoms with E-state index in [9.17, 15) is 9.59 Å². The lowest BCUT2D eigenvalue weighted by Gasteiger charge is -2.39. The van der Waals surface area contributed by atoms with Gasteiger partial charge in [0.05, 0.1) is 17.4 Å². The van der Waals surface area contributed by atoms with E-state index in [-0.39, 0.29) is 24.4 Å². The van der Waals surface area contributed by atoms with Crippen LogP contribution in [0.2, 0.25) is 0 Å². The Morgan fingerprint density at radius 3 is 2.50 bits per heavy atom. The van der Waals surface area contributed by atoms with Gasteiger partial charge in [0.2, 0.25) is 5.91 Å². The normalized spacial score (nSPS) is 17.1. The molecule has 1 aromatic heterocycles. The van der Waals surface area contributed by atoms with Crippen LogP contribution in [-0.4, -0.2) is 45.6 Å². The van der Waals surface area contributed by atoms with Crippen LogP contribution in [0.15, 0.2) is 67.0 Å². The van der Waals surface area contributed by atoms with Gasteiger partial charge in [0.1, 0.15) is 6.54 Å². The van der Waals surface area contributed by atoms with E-state index in [1.54, 1.807) is 27.7 Å². The molecule has 142 valence electrons. The van der Waals surface area contributed by atoms with E-state index in [4.69, 9.17) is 0 Å². The van der Waals surface area contributed by atoms with Gasteiger partial charge in [-0.25, -0.2) is 0 Å². The summed E-state index contributed by atoms with van der Waals surface area (Å²) in [6.07, 6.45) is 3.22. The number of amides is 2. The van der Waals surface area contributed by atoms with Crippen LogP contribution in [-0.2, 0) is 11.8 Å². The second-order valence-electron chi connectivity index (χ2n) is 7.07. The van der Waals surface area contributed by atoms with Crippen molar-refractivity contribution >= 4 is 17.5 Å². The van der Waals surface area contributed by atoms with Crippen LogP contribution in [0.5, 0.6) is 0 Å². The zero-order valence-corrected chi connectivity index (χ0v) is 15.9. The van der Waals surface area contributed by atoms with Crippen molar-refractivity contribution in [3.63, 3.8) is 0 Å². The topological polar surface area (TPSA) is 58.4 Å². The minimum atomic E-state index is -0.162. The highest BCUT2D eigenvalue weighted by molar-refractivity contribution is 6.03. The number of hydrogen-bond acceptors (Lipinski definition) is 3. The summed E-state index contributed by atoms with van der Waals surface area (Å²) < 4.78 is 1.59. The minimum Gasteiger partial charge on any atom is -0.325 e. The summed E-state index contributed by atoms with van der Waals surface area (Å²) in [4.78, 5) is 29.2. The fourth-order valence-electron chi connectivity index (χ4n) is 3.62. The molecule has 0 saturated carbocycles. The fraction of sp³-hybridized carbons (Fsp3) is 0.227. The summed E-state index contributed by atoms with van der Waals surface area (Å²) in [5.74, 6) is -0.247. The first kappa shape index (κ1) is 18.0. The fourth-order valence-corrected chi connectivity index (χ4v) is 3.62. The molecular formula is C22H22N4O2. The Morgan fingerprint density at radius 2 is 1.79 bits per heavy atom. The van der Waals surface area contributed by atoms with Crippen molar-refractivity contribution in [3.05, 3.63) is 72.6 Å². The van der Waals surface area contributed by atoms with Gasteiger partial charge in [-0.2, -0.15) is 5.10 Å². The average Bonchev–Trinajstić information content (AvgIpc) is 3.16. The van der Waals surface area contributed by atoms with E-state index in [1.165, 1.54) is 6.20 Å². The van der Waals surface area contributed by atoms with Crippen molar-refractivity contribution in [2.45, 2.75) is 13.0 Å². The molecule has 6 nitrogen and oxygen atoms in total. The Balaban J connectivity index is 1.61. The van der Waals surface area contributed by atoms with Crippen molar-refractivity contribution in [1.29, 1.82) is 0 Å². The van der Waals surface area contributed by atoms with Crippen LogP contribution >= 0.6 is 0 Å². The molecule has 3 aromatic rings. The van der Waals surface area contributed by atoms with E-state index in [0.717, 1.165) is 16.8 Å². The first-order valence-electron chi connectivity index (χ1n) is 9.29. The largest absolute Gasteiger partial charge is 0.325 e. The molecule has 1 aliphatic heterocycles. The van der Waals surface area contributed by atoms with Gasteiger partial charge >= 0.3 is 0 Å². The molecule has 0 radical (unpaired) electrons. The van der Waals surface area contributed by atoms with E-state index in [2.05, 4.69) is 5.10 Å². The molecule has 2 heterocycles. The smallest absolute Gasteiger partial charge is 0.257 e. The molecule has 2 aromatic carbocycles. The number of rotatable bonds is 3. The third-order valence-corrected chi connectivity index (χ3v) is 5.08.